The van der Waals surface area contributed by atoms with Gasteiger partial charge in [-0.2, -0.15) is 4.98 Å². The summed E-state index contributed by atoms with van der Waals surface area (Å²) in [6.45, 7) is 10.8. The molecule has 1 saturated heterocycles. The van der Waals surface area contributed by atoms with Crippen LogP contribution in [0.15, 0.2) is 4.52 Å². The van der Waals surface area contributed by atoms with Crippen LogP contribution in [0.3, 0.4) is 0 Å². The lowest BCUT2D eigenvalue weighted by molar-refractivity contribution is -0.126. The number of amides is 1. The number of nitrogens with one attached hydrogen (secondary N) is 1. The highest BCUT2D eigenvalue weighted by Crippen LogP contribution is 2.26. The smallest absolute Gasteiger partial charge is 0.243 e. The van der Waals surface area contributed by atoms with Crippen LogP contribution in [0, 0.1) is 5.92 Å². The number of aromatic nitrogens is 2. The van der Waals surface area contributed by atoms with Crippen LogP contribution >= 0.6 is 0 Å². The Morgan fingerprint density at radius 2 is 2.05 bits per heavy atom. The Bertz CT molecular complexity index is 478. The normalized spacial score (nSPS) is 18.6. The van der Waals surface area contributed by atoms with Gasteiger partial charge in [0.05, 0.1) is 6.04 Å². The number of carbonyl (C=O) groups excluding carboxylic acids is 1. The van der Waals surface area contributed by atoms with E-state index in [9.17, 15) is 4.79 Å². The van der Waals surface area contributed by atoms with Crippen LogP contribution in [0.25, 0.3) is 0 Å². The van der Waals surface area contributed by atoms with E-state index in [0.717, 1.165) is 44.7 Å². The van der Waals surface area contributed by atoms with Crippen LogP contribution < -0.4 is 5.32 Å². The molecule has 6 heteroatoms. The van der Waals surface area contributed by atoms with Gasteiger partial charge in [0.2, 0.25) is 11.8 Å². The van der Waals surface area contributed by atoms with Crippen LogP contribution in [0.5, 0.6) is 0 Å². The van der Waals surface area contributed by atoms with Gasteiger partial charge in [0.15, 0.2) is 5.82 Å². The first kappa shape index (κ1) is 16.9. The first-order chi connectivity index (χ1) is 10.5. The average molecular weight is 308 g/mol. The molecule has 1 aromatic rings. The van der Waals surface area contributed by atoms with Crippen molar-refractivity contribution in [3.63, 3.8) is 0 Å². The summed E-state index contributed by atoms with van der Waals surface area (Å²) in [6, 6.07) is 0.111. The molecule has 0 aromatic carbocycles. The quantitative estimate of drug-likeness (QED) is 0.874. The minimum Gasteiger partial charge on any atom is -0.356 e. The highest BCUT2D eigenvalue weighted by Gasteiger charge is 2.29. The molecule has 0 radical (unpaired) electrons. The number of carbonyl (C=O) groups is 1. The van der Waals surface area contributed by atoms with Crippen molar-refractivity contribution >= 4 is 5.91 Å². The maximum atomic E-state index is 12.0. The second-order valence-corrected chi connectivity index (χ2v) is 6.42. The minimum absolute atomic E-state index is 0.111. The predicted molar refractivity (Wildman–Crippen MR) is 84.4 cm³/mol. The van der Waals surface area contributed by atoms with Crippen molar-refractivity contribution in [3.05, 3.63) is 11.7 Å². The molecule has 124 valence electrons. The molecule has 1 aliphatic rings. The zero-order chi connectivity index (χ0) is 16.1. The van der Waals surface area contributed by atoms with Gasteiger partial charge in [-0.3, -0.25) is 9.69 Å². The number of rotatable bonds is 6. The molecule has 1 amide bonds. The molecule has 0 aliphatic carbocycles. The third-order valence-corrected chi connectivity index (χ3v) is 4.33. The summed E-state index contributed by atoms with van der Waals surface area (Å²) in [4.78, 5) is 18.8. The zero-order valence-corrected chi connectivity index (χ0v) is 14.1. The number of piperidine rings is 1. The van der Waals surface area contributed by atoms with Gasteiger partial charge >= 0.3 is 0 Å². The number of likely N-dealkylation sites (tertiary alicyclic amines) is 1. The van der Waals surface area contributed by atoms with Crippen molar-refractivity contribution in [2.45, 2.75) is 58.9 Å². The van der Waals surface area contributed by atoms with Crippen molar-refractivity contribution in [1.82, 2.24) is 20.4 Å². The number of nitrogens with zero attached hydrogens (tertiary/aromatic N) is 3. The van der Waals surface area contributed by atoms with E-state index in [-0.39, 0.29) is 23.8 Å². The topological polar surface area (TPSA) is 71.3 Å². The Labute approximate surface area is 132 Å². The maximum absolute atomic E-state index is 12.0. The molecular weight excluding hydrogens is 280 g/mol. The first-order valence-corrected chi connectivity index (χ1v) is 8.38. The molecule has 6 nitrogen and oxygen atoms in total. The molecular formula is C16H28N4O2. The lowest BCUT2D eigenvalue weighted by atomic mass is 9.95. The molecule has 0 spiro atoms. The number of hydrogen-bond acceptors (Lipinski definition) is 5. The van der Waals surface area contributed by atoms with Crippen molar-refractivity contribution in [2.24, 2.45) is 5.92 Å². The fraction of sp³-hybridized carbons (Fsp3) is 0.812. The summed E-state index contributed by atoms with van der Waals surface area (Å²) in [5, 5.41) is 7.03. The van der Waals surface area contributed by atoms with Crippen LogP contribution in [0.2, 0.25) is 0 Å². The van der Waals surface area contributed by atoms with Gasteiger partial charge in [0.25, 0.3) is 0 Å². The van der Waals surface area contributed by atoms with Gasteiger partial charge in [0, 0.05) is 18.4 Å². The standard InChI is InChI=1S/C16H28N4O2/c1-5-8-17-15(21)13-6-9-20(10-7-13)12(4)16-18-14(11(2)3)19-22-16/h11-13H,5-10H2,1-4H3,(H,17,21). The molecule has 22 heavy (non-hydrogen) atoms. The van der Waals surface area contributed by atoms with Gasteiger partial charge in [0.1, 0.15) is 0 Å². The molecule has 2 heterocycles. The molecule has 1 unspecified atom stereocenters. The van der Waals surface area contributed by atoms with Crippen LogP contribution in [0.1, 0.15) is 70.6 Å². The molecule has 1 aliphatic heterocycles. The van der Waals surface area contributed by atoms with Crippen LogP contribution in [0.4, 0.5) is 0 Å². The van der Waals surface area contributed by atoms with Crippen molar-refractivity contribution < 1.29 is 9.32 Å². The average Bonchev–Trinajstić information content (AvgIpc) is 3.02. The van der Waals surface area contributed by atoms with Gasteiger partial charge < -0.3 is 9.84 Å². The predicted octanol–water partition coefficient (Wildman–Crippen LogP) is 2.49. The summed E-state index contributed by atoms with van der Waals surface area (Å²) in [5.74, 6) is 2.06. The van der Waals surface area contributed by atoms with E-state index >= 15 is 0 Å². The summed E-state index contributed by atoms with van der Waals surface area (Å²) in [5.41, 5.74) is 0. The van der Waals surface area contributed by atoms with Gasteiger partial charge in [-0.1, -0.05) is 25.9 Å². The highest BCUT2D eigenvalue weighted by atomic mass is 16.5. The highest BCUT2D eigenvalue weighted by molar-refractivity contribution is 5.78. The Hall–Kier alpha value is -1.43. The maximum Gasteiger partial charge on any atom is 0.243 e. The Kier molecular flexibility index (Phi) is 5.94. The summed E-state index contributed by atoms with van der Waals surface area (Å²) < 4.78 is 5.39. The molecule has 1 aromatic heterocycles. The lowest BCUT2D eigenvalue weighted by Crippen LogP contribution is -2.41. The van der Waals surface area contributed by atoms with Crippen molar-refractivity contribution in [2.75, 3.05) is 19.6 Å². The summed E-state index contributed by atoms with van der Waals surface area (Å²) >= 11 is 0. The Morgan fingerprint density at radius 3 is 2.59 bits per heavy atom. The van der Waals surface area contributed by atoms with E-state index in [4.69, 9.17) is 4.52 Å². The Morgan fingerprint density at radius 1 is 1.36 bits per heavy atom. The van der Waals surface area contributed by atoms with E-state index in [1.54, 1.807) is 0 Å². The van der Waals surface area contributed by atoms with Crippen LogP contribution in [-0.2, 0) is 4.79 Å². The van der Waals surface area contributed by atoms with Gasteiger partial charge in [-0.25, -0.2) is 0 Å². The molecule has 1 fully saturated rings. The SMILES string of the molecule is CCCNC(=O)C1CCN(C(C)c2nc(C(C)C)no2)CC1. The van der Waals surface area contributed by atoms with E-state index in [2.05, 4.69) is 48.1 Å². The van der Waals surface area contributed by atoms with Crippen molar-refractivity contribution in [1.29, 1.82) is 0 Å². The van der Waals surface area contributed by atoms with E-state index < -0.39 is 0 Å². The van der Waals surface area contributed by atoms with Gasteiger partial charge in [-0.05, 0) is 39.3 Å². The van der Waals surface area contributed by atoms with E-state index in [1.807, 2.05) is 0 Å². The number of hydrogen-bond donors (Lipinski definition) is 1. The molecule has 2 rings (SSSR count). The summed E-state index contributed by atoms with van der Waals surface area (Å²) in [7, 11) is 0. The van der Waals surface area contributed by atoms with Crippen molar-refractivity contribution in [3.8, 4) is 0 Å². The lowest BCUT2D eigenvalue weighted by Gasteiger charge is -2.33. The fourth-order valence-electron chi connectivity index (χ4n) is 2.75. The molecule has 1 atom stereocenters. The fourth-order valence-corrected chi connectivity index (χ4v) is 2.75. The van der Waals surface area contributed by atoms with E-state index in [1.165, 1.54) is 0 Å². The first-order valence-electron chi connectivity index (χ1n) is 8.38. The molecule has 1 N–H and O–H groups in total. The third-order valence-electron chi connectivity index (χ3n) is 4.33. The largest absolute Gasteiger partial charge is 0.356 e. The molecule has 0 saturated carbocycles. The second-order valence-electron chi connectivity index (χ2n) is 6.42. The molecule has 0 bridgehead atoms. The zero-order valence-electron chi connectivity index (χ0n) is 14.1. The minimum atomic E-state index is 0.111. The van der Waals surface area contributed by atoms with Crippen LogP contribution in [-0.4, -0.2) is 40.6 Å². The summed E-state index contributed by atoms with van der Waals surface area (Å²) in [6.07, 6.45) is 2.77. The monoisotopic (exact) mass is 308 g/mol. The third kappa shape index (κ3) is 4.06. The second kappa shape index (κ2) is 7.72. The Balaban J connectivity index is 1.86. The van der Waals surface area contributed by atoms with E-state index in [0.29, 0.717) is 5.89 Å². The van der Waals surface area contributed by atoms with Gasteiger partial charge in [-0.15, -0.1) is 0 Å².